The number of carbonyl (C=O) groups is 1. The minimum Gasteiger partial charge on any atom is -0.378 e. The van der Waals surface area contributed by atoms with Gasteiger partial charge in [0.1, 0.15) is 0 Å². The van der Waals surface area contributed by atoms with Gasteiger partial charge in [-0.2, -0.15) is 0 Å². The van der Waals surface area contributed by atoms with Crippen LogP contribution in [0.5, 0.6) is 0 Å². The summed E-state index contributed by atoms with van der Waals surface area (Å²) in [4.78, 5) is 11.6. The van der Waals surface area contributed by atoms with Crippen LogP contribution in [0, 0.1) is 17.8 Å². The van der Waals surface area contributed by atoms with E-state index in [2.05, 4.69) is 26.0 Å². The molecule has 1 aromatic rings. The van der Waals surface area contributed by atoms with Crippen LogP contribution in [0.1, 0.15) is 67.4 Å². The van der Waals surface area contributed by atoms with E-state index in [9.17, 15) is 4.79 Å². The normalized spacial score (nSPS) is 37.9. The van der Waals surface area contributed by atoms with Crippen LogP contribution in [0.3, 0.4) is 0 Å². The van der Waals surface area contributed by atoms with Crippen LogP contribution in [0.25, 0.3) is 0 Å². The van der Waals surface area contributed by atoms with Gasteiger partial charge in [-0.1, -0.05) is 19.9 Å². The fourth-order valence-corrected chi connectivity index (χ4v) is 5.68. The van der Waals surface area contributed by atoms with Gasteiger partial charge in [-0.15, -0.1) is 0 Å². The Kier molecular flexibility index (Phi) is 3.95. The fraction of sp³-hybridized carbons (Fsp3) is 0.667. The van der Waals surface area contributed by atoms with E-state index in [1.165, 1.54) is 43.2 Å². The molecular weight excluding hydrogens is 298 g/mol. The third-order valence-corrected chi connectivity index (χ3v) is 7.34. The molecule has 5 atom stereocenters. The zero-order valence-corrected chi connectivity index (χ0v) is 14.9. The maximum Gasteiger partial charge on any atom is 0.248 e. The van der Waals surface area contributed by atoms with E-state index >= 15 is 0 Å². The summed E-state index contributed by atoms with van der Waals surface area (Å²) in [6.07, 6.45) is 7.83. The number of ether oxygens (including phenoxy) is 1. The summed E-state index contributed by atoms with van der Waals surface area (Å²) >= 11 is 0. The van der Waals surface area contributed by atoms with Crippen molar-refractivity contribution in [2.75, 3.05) is 6.61 Å². The van der Waals surface area contributed by atoms with Crippen LogP contribution in [0.4, 0.5) is 0 Å². The van der Waals surface area contributed by atoms with Gasteiger partial charge in [0.15, 0.2) is 0 Å². The zero-order chi connectivity index (χ0) is 16.9. The van der Waals surface area contributed by atoms with Gasteiger partial charge in [0.05, 0.1) is 6.10 Å². The first-order valence-corrected chi connectivity index (χ1v) is 9.54. The molecule has 2 bridgehead atoms. The summed E-state index contributed by atoms with van der Waals surface area (Å²) in [5, 5.41) is 0. The van der Waals surface area contributed by atoms with E-state index < -0.39 is 0 Å². The lowest BCUT2D eigenvalue weighted by Crippen LogP contribution is -2.48. The SMILES string of the molecule is CC1C2Cc3ccc(C(N)=O)cc3C1(C)CCC2CC1CCCO1. The summed E-state index contributed by atoms with van der Waals surface area (Å²) in [5.41, 5.74) is 9.15. The number of benzene rings is 1. The van der Waals surface area contributed by atoms with Crippen LogP contribution in [-0.2, 0) is 16.6 Å². The third kappa shape index (κ3) is 2.48. The maximum atomic E-state index is 11.6. The lowest BCUT2D eigenvalue weighted by atomic mass is 9.51. The van der Waals surface area contributed by atoms with E-state index in [0.717, 1.165) is 24.9 Å². The Balaban J connectivity index is 1.64. The monoisotopic (exact) mass is 327 g/mol. The molecule has 3 aliphatic rings. The molecule has 1 amide bonds. The number of amides is 1. The molecule has 3 nitrogen and oxygen atoms in total. The molecule has 1 aliphatic heterocycles. The van der Waals surface area contributed by atoms with Crippen LogP contribution in [0.2, 0.25) is 0 Å². The Hall–Kier alpha value is -1.35. The fourth-order valence-electron chi connectivity index (χ4n) is 5.68. The molecule has 0 aromatic heterocycles. The molecule has 1 aromatic carbocycles. The summed E-state index contributed by atoms with van der Waals surface area (Å²) in [6.45, 7) is 5.77. The molecule has 2 N–H and O–H groups in total. The number of rotatable bonds is 3. The van der Waals surface area contributed by atoms with Crippen molar-refractivity contribution in [1.82, 2.24) is 0 Å². The Morgan fingerprint density at radius 1 is 1.38 bits per heavy atom. The standard InChI is InChI=1S/C21H29NO2/c1-13-18-11-15-5-6-16(20(22)23)12-19(15)21(13,2)8-7-14(18)10-17-4-3-9-24-17/h5-6,12-14,17-18H,3-4,7-11H2,1-2H3,(H2,22,23). The molecule has 24 heavy (non-hydrogen) atoms. The highest BCUT2D eigenvalue weighted by atomic mass is 16.5. The number of hydrogen-bond donors (Lipinski definition) is 1. The zero-order valence-electron chi connectivity index (χ0n) is 14.9. The van der Waals surface area contributed by atoms with Gasteiger partial charge in [0, 0.05) is 12.2 Å². The van der Waals surface area contributed by atoms with Gasteiger partial charge in [-0.3, -0.25) is 4.79 Å². The smallest absolute Gasteiger partial charge is 0.248 e. The van der Waals surface area contributed by atoms with Gasteiger partial charge < -0.3 is 10.5 Å². The summed E-state index contributed by atoms with van der Waals surface area (Å²) in [6, 6.07) is 6.14. The molecule has 130 valence electrons. The summed E-state index contributed by atoms with van der Waals surface area (Å²) < 4.78 is 5.91. The van der Waals surface area contributed by atoms with Crippen molar-refractivity contribution in [3.8, 4) is 0 Å². The Bertz CT molecular complexity index is 649. The highest BCUT2D eigenvalue weighted by Gasteiger charge is 2.49. The first-order valence-electron chi connectivity index (χ1n) is 9.54. The van der Waals surface area contributed by atoms with Crippen molar-refractivity contribution < 1.29 is 9.53 Å². The molecule has 4 rings (SSSR count). The topological polar surface area (TPSA) is 52.3 Å². The number of fused-ring (bicyclic) bond motifs is 4. The summed E-state index contributed by atoms with van der Waals surface area (Å²) in [5.74, 6) is 1.84. The van der Waals surface area contributed by atoms with Gasteiger partial charge in [-0.25, -0.2) is 0 Å². The first-order chi connectivity index (χ1) is 11.5. The van der Waals surface area contributed by atoms with Gasteiger partial charge in [-0.05, 0) is 85.0 Å². The number of hydrogen-bond acceptors (Lipinski definition) is 2. The maximum absolute atomic E-state index is 11.6. The van der Waals surface area contributed by atoms with E-state index in [0.29, 0.717) is 17.6 Å². The van der Waals surface area contributed by atoms with Gasteiger partial charge in [0.2, 0.25) is 5.91 Å². The van der Waals surface area contributed by atoms with Crippen LogP contribution >= 0.6 is 0 Å². The van der Waals surface area contributed by atoms with Crippen molar-refractivity contribution in [1.29, 1.82) is 0 Å². The highest BCUT2D eigenvalue weighted by Crippen LogP contribution is 2.55. The van der Waals surface area contributed by atoms with Crippen molar-refractivity contribution >= 4 is 5.91 Å². The first kappa shape index (κ1) is 16.1. The average molecular weight is 327 g/mol. The van der Waals surface area contributed by atoms with Gasteiger partial charge in [0.25, 0.3) is 0 Å². The Morgan fingerprint density at radius 2 is 2.21 bits per heavy atom. The van der Waals surface area contributed by atoms with Crippen molar-refractivity contribution in [3.63, 3.8) is 0 Å². The van der Waals surface area contributed by atoms with Crippen molar-refractivity contribution in [2.45, 2.75) is 63.9 Å². The minimum absolute atomic E-state index is 0.177. The molecule has 1 saturated carbocycles. The predicted molar refractivity (Wildman–Crippen MR) is 95.0 cm³/mol. The van der Waals surface area contributed by atoms with Crippen LogP contribution < -0.4 is 5.73 Å². The molecule has 1 heterocycles. The second-order valence-electron chi connectivity index (χ2n) is 8.48. The lowest BCUT2D eigenvalue weighted by molar-refractivity contribution is 0.0214. The average Bonchev–Trinajstić information content (AvgIpc) is 3.06. The van der Waals surface area contributed by atoms with E-state index in [1.807, 2.05) is 6.07 Å². The van der Waals surface area contributed by atoms with E-state index in [1.54, 1.807) is 0 Å². The Morgan fingerprint density at radius 3 is 2.92 bits per heavy atom. The molecule has 1 saturated heterocycles. The van der Waals surface area contributed by atoms with Gasteiger partial charge >= 0.3 is 0 Å². The minimum atomic E-state index is -0.316. The van der Waals surface area contributed by atoms with E-state index in [-0.39, 0.29) is 11.3 Å². The second kappa shape index (κ2) is 5.87. The number of nitrogens with two attached hydrogens (primary N) is 1. The Labute approximate surface area is 145 Å². The molecule has 3 heteroatoms. The lowest BCUT2D eigenvalue weighted by Gasteiger charge is -2.53. The third-order valence-electron chi connectivity index (χ3n) is 7.34. The van der Waals surface area contributed by atoms with Crippen LogP contribution in [0.15, 0.2) is 18.2 Å². The van der Waals surface area contributed by atoms with Crippen molar-refractivity contribution in [3.05, 3.63) is 34.9 Å². The molecular formula is C21H29NO2. The quantitative estimate of drug-likeness (QED) is 0.917. The molecule has 0 radical (unpaired) electrons. The highest BCUT2D eigenvalue weighted by molar-refractivity contribution is 5.93. The molecule has 5 unspecified atom stereocenters. The molecule has 0 spiro atoms. The van der Waals surface area contributed by atoms with Crippen LogP contribution in [-0.4, -0.2) is 18.6 Å². The van der Waals surface area contributed by atoms with E-state index in [4.69, 9.17) is 10.5 Å². The predicted octanol–water partition coefficient (Wildman–Crippen LogP) is 3.83. The van der Waals surface area contributed by atoms with Crippen molar-refractivity contribution in [2.24, 2.45) is 23.5 Å². The molecule has 2 fully saturated rings. The second-order valence-corrected chi connectivity index (χ2v) is 8.48. The summed E-state index contributed by atoms with van der Waals surface area (Å²) in [7, 11) is 0. The largest absolute Gasteiger partial charge is 0.378 e. The number of primary amides is 1. The number of carbonyl (C=O) groups excluding carboxylic acids is 1. The molecule has 2 aliphatic carbocycles.